The van der Waals surface area contributed by atoms with Crippen molar-refractivity contribution in [3.8, 4) is 11.8 Å². The van der Waals surface area contributed by atoms with Crippen LogP contribution >= 0.6 is 22.6 Å². The molecule has 1 rings (SSSR count). The summed E-state index contributed by atoms with van der Waals surface area (Å²) in [6.07, 6.45) is -4.97. The number of halogens is 4. The van der Waals surface area contributed by atoms with Gasteiger partial charge in [0.05, 0.1) is 13.7 Å². The first-order chi connectivity index (χ1) is 8.78. The maximum atomic E-state index is 12.3. The van der Waals surface area contributed by atoms with Crippen LogP contribution in [0.3, 0.4) is 0 Å². The molecule has 0 aliphatic heterocycles. The summed E-state index contributed by atoms with van der Waals surface area (Å²) in [5.41, 5.74) is -0.388. The van der Waals surface area contributed by atoms with Crippen molar-refractivity contribution in [3.05, 3.63) is 15.2 Å². The summed E-state index contributed by atoms with van der Waals surface area (Å²) >= 11 is 1.67. The van der Waals surface area contributed by atoms with Crippen LogP contribution in [-0.2, 0) is 4.74 Å². The summed E-state index contributed by atoms with van der Waals surface area (Å²) in [6, 6.07) is 1.30. The van der Waals surface area contributed by atoms with Crippen molar-refractivity contribution in [1.82, 2.24) is 4.98 Å². The Kier molecular flexibility index (Phi) is 5.20. The molecule has 9 heteroatoms. The number of pyridine rings is 1. The molecule has 0 aromatic carbocycles. The minimum atomic E-state index is -4.97. The molecule has 0 atom stereocenters. The largest absolute Gasteiger partial charge is 0.574 e. The summed E-state index contributed by atoms with van der Waals surface area (Å²) in [7, 11) is 1.24. The van der Waals surface area contributed by atoms with Gasteiger partial charge >= 0.3 is 12.3 Å². The van der Waals surface area contributed by atoms with E-state index in [0.717, 1.165) is 0 Å². The maximum absolute atomic E-state index is 12.3. The highest BCUT2D eigenvalue weighted by atomic mass is 127. The van der Waals surface area contributed by atoms with Gasteiger partial charge in [0, 0.05) is 9.64 Å². The lowest BCUT2D eigenvalue weighted by Gasteiger charge is -2.13. The zero-order valence-corrected chi connectivity index (χ0v) is 12.0. The van der Waals surface area contributed by atoms with Gasteiger partial charge in [0.1, 0.15) is 5.56 Å². The molecule has 0 aliphatic carbocycles. The Hall–Kier alpha value is -1.26. The van der Waals surface area contributed by atoms with Crippen LogP contribution in [0, 0.1) is 3.57 Å². The van der Waals surface area contributed by atoms with Crippen LogP contribution in [0.2, 0.25) is 0 Å². The number of methoxy groups -OCH3 is 1. The predicted octanol–water partition coefficient (Wildman–Crippen LogP) is 2.77. The van der Waals surface area contributed by atoms with E-state index in [1.807, 2.05) is 0 Å². The molecule has 1 aromatic heterocycles. The van der Waals surface area contributed by atoms with E-state index < -0.39 is 18.2 Å². The van der Waals surface area contributed by atoms with Gasteiger partial charge < -0.3 is 14.2 Å². The van der Waals surface area contributed by atoms with Gasteiger partial charge in [0.2, 0.25) is 11.8 Å². The third kappa shape index (κ3) is 4.40. The van der Waals surface area contributed by atoms with E-state index in [4.69, 9.17) is 4.74 Å². The zero-order valence-electron chi connectivity index (χ0n) is 9.88. The number of hydrogen-bond donors (Lipinski definition) is 0. The van der Waals surface area contributed by atoms with Crippen molar-refractivity contribution in [2.24, 2.45) is 0 Å². The minimum Gasteiger partial charge on any atom is -0.481 e. The van der Waals surface area contributed by atoms with Gasteiger partial charge in [-0.3, -0.25) is 0 Å². The summed E-state index contributed by atoms with van der Waals surface area (Å²) in [5, 5.41) is 0. The summed E-state index contributed by atoms with van der Waals surface area (Å²) in [4.78, 5) is 15.1. The van der Waals surface area contributed by atoms with Crippen LogP contribution in [0.1, 0.15) is 17.3 Å². The fraction of sp³-hybridized carbons (Fsp3) is 0.400. The topological polar surface area (TPSA) is 57.7 Å². The molecule has 0 radical (unpaired) electrons. The number of ether oxygens (including phenoxy) is 3. The first-order valence-electron chi connectivity index (χ1n) is 4.96. The number of hydrogen-bond acceptors (Lipinski definition) is 5. The van der Waals surface area contributed by atoms with Crippen LogP contribution in [0.4, 0.5) is 13.2 Å². The third-order valence-electron chi connectivity index (χ3n) is 1.82. The number of alkyl halides is 3. The molecular formula is C10H9F3INO4. The molecule has 0 N–H and O–H groups in total. The molecule has 19 heavy (non-hydrogen) atoms. The van der Waals surface area contributed by atoms with Crippen molar-refractivity contribution < 1.29 is 32.2 Å². The van der Waals surface area contributed by atoms with Gasteiger partial charge in [-0.25, -0.2) is 4.79 Å². The van der Waals surface area contributed by atoms with Crippen LogP contribution in [-0.4, -0.2) is 31.0 Å². The molecule has 1 aromatic rings. The Morgan fingerprint density at radius 2 is 2.11 bits per heavy atom. The fourth-order valence-electron chi connectivity index (χ4n) is 1.15. The highest BCUT2D eigenvalue weighted by molar-refractivity contribution is 14.1. The van der Waals surface area contributed by atoms with E-state index in [1.54, 1.807) is 22.6 Å². The van der Waals surface area contributed by atoms with Gasteiger partial charge in [-0.2, -0.15) is 4.98 Å². The number of esters is 1. The van der Waals surface area contributed by atoms with Gasteiger partial charge in [0.25, 0.3) is 0 Å². The van der Waals surface area contributed by atoms with Crippen molar-refractivity contribution in [3.63, 3.8) is 0 Å². The Balaban J connectivity index is 3.29. The summed E-state index contributed by atoms with van der Waals surface area (Å²) in [6.45, 7) is 1.55. The maximum Gasteiger partial charge on any atom is 0.574 e. The van der Waals surface area contributed by atoms with Gasteiger partial charge in [-0.05, 0) is 29.5 Å². The second kappa shape index (κ2) is 6.26. The van der Waals surface area contributed by atoms with Gasteiger partial charge in [-0.1, -0.05) is 0 Å². The van der Waals surface area contributed by atoms with Gasteiger partial charge in [0.15, 0.2) is 0 Å². The highest BCUT2D eigenvalue weighted by Gasteiger charge is 2.35. The van der Waals surface area contributed by atoms with E-state index >= 15 is 0 Å². The summed E-state index contributed by atoms with van der Waals surface area (Å²) < 4.78 is 50.1. The number of aromatic nitrogens is 1. The molecule has 0 aliphatic rings. The monoisotopic (exact) mass is 391 g/mol. The zero-order chi connectivity index (χ0) is 14.6. The molecule has 1 heterocycles. The first-order valence-corrected chi connectivity index (χ1v) is 6.03. The predicted molar refractivity (Wildman–Crippen MR) is 66.1 cm³/mol. The van der Waals surface area contributed by atoms with Crippen LogP contribution in [0.25, 0.3) is 0 Å². The van der Waals surface area contributed by atoms with E-state index in [1.165, 1.54) is 20.1 Å². The van der Waals surface area contributed by atoms with Gasteiger partial charge in [-0.15, -0.1) is 13.2 Å². The van der Waals surface area contributed by atoms with E-state index in [0.29, 0.717) is 0 Å². The number of rotatable bonds is 4. The smallest absolute Gasteiger partial charge is 0.481 e. The lowest BCUT2D eigenvalue weighted by molar-refractivity contribution is -0.276. The number of carbonyl (C=O) groups is 1. The average molecular weight is 391 g/mol. The fourth-order valence-corrected chi connectivity index (χ4v) is 1.86. The average Bonchev–Trinajstić information content (AvgIpc) is 2.26. The third-order valence-corrected chi connectivity index (χ3v) is 2.67. The molecule has 5 nitrogen and oxygen atoms in total. The highest BCUT2D eigenvalue weighted by Crippen LogP contribution is 2.31. The standard InChI is InChI=1S/C10H9F3INO4/c1-3-18-9(16)7-5(14)4-6(17-2)15-8(7)19-10(11,12)13/h4H,3H2,1-2H3. The van der Waals surface area contributed by atoms with E-state index in [9.17, 15) is 18.0 Å². The second-order valence-electron chi connectivity index (χ2n) is 3.09. The molecule has 0 unspecified atom stereocenters. The lowest BCUT2D eigenvalue weighted by Crippen LogP contribution is -2.21. The quantitative estimate of drug-likeness (QED) is 0.584. The number of nitrogens with zero attached hydrogens (tertiary/aromatic N) is 1. The molecule has 106 valence electrons. The molecule has 0 amide bonds. The Morgan fingerprint density at radius 3 is 2.58 bits per heavy atom. The van der Waals surface area contributed by atoms with Crippen molar-refractivity contribution in [2.75, 3.05) is 13.7 Å². The van der Waals surface area contributed by atoms with E-state index in [2.05, 4.69) is 14.5 Å². The van der Waals surface area contributed by atoms with Crippen molar-refractivity contribution in [2.45, 2.75) is 13.3 Å². The lowest BCUT2D eigenvalue weighted by atomic mass is 10.2. The normalized spacial score (nSPS) is 11.1. The Morgan fingerprint density at radius 1 is 1.47 bits per heavy atom. The number of carbonyl (C=O) groups excluding carboxylic acids is 1. The molecule has 0 saturated carbocycles. The van der Waals surface area contributed by atoms with Crippen LogP contribution in [0.5, 0.6) is 11.8 Å². The second-order valence-corrected chi connectivity index (χ2v) is 4.26. The minimum absolute atomic E-state index is 0.0202. The van der Waals surface area contributed by atoms with E-state index in [-0.39, 0.29) is 21.6 Å². The Labute approximate surface area is 120 Å². The van der Waals surface area contributed by atoms with Crippen molar-refractivity contribution in [1.29, 1.82) is 0 Å². The molecule has 0 bridgehead atoms. The van der Waals surface area contributed by atoms with Crippen molar-refractivity contribution >= 4 is 28.6 Å². The first kappa shape index (κ1) is 15.8. The molecule has 0 fully saturated rings. The Bertz CT molecular complexity index is 479. The molecule has 0 saturated heterocycles. The van der Waals surface area contributed by atoms with Crippen LogP contribution < -0.4 is 9.47 Å². The summed E-state index contributed by atoms with van der Waals surface area (Å²) in [5.74, 6) is -1.94. The van der Waals surface area contributed by atoms with Crippen LogP contribution in [0.15, 0.2) is 6.07 Å². The SMILES string of the molecule is CCOC(=O)c1c(I)cc(OC)nc1OC(F)(F)F. The molecular weight excluding hydrogens is 382 g/mol. The molecule has 0 spiro atoms.